The summed E-state index contributed by atoms with van der Waals surface area (Å²) in [5.41, 5.74) is 0.449. The van der Waals surface area contributed by atoms with Gasteiger partial charge in [-0.15, -0.1) is 0 Å². The Hall–Kier alpha value is -0.640. The quantitative estimate of drug-likeness (QED) is 0.891. The molecule has 0 aliphatic rings. The summed E-state index contributed by atoms with van der Waals surface area (Å²) in [6.07, 6.45) is 0.683. The molecule has 2 unspecified atom stereocenters. The predicted octanol–water partition coefficient (Wildman–Crippen LogP) is 3.11. The van der Waals surface area contributed by atoms with Crippen molar-refractivity contribution in [3.05, 3.63) is 34.6 Å². The Morgan fingerprint density at radius 3 is 2.50 bits per heavy atom. The van der Waals surface area contributed by atoms with Crippen molar-refractivity contribution in [1.29, 1.82) is 0 Å². The van der Waals surface area contributed by atoms with Gasteiger partial charge in [0.1, 0.15) is 5.82 Å². The maximum Gasteiger partial charge on any atom is 0.124 e. The van der Waals surface area contributed by atoms with Crippen LogP contribution >= 0.6 is 11.6 Å². The zero-order valence-electron chi connectivity index (χ0n) is 11.4. The second kappa shape index (κ2) is 6.00. The Morgan fingerprint density at radius 1 is 1.44 bits per heavy atom. The van der Waals surface area contributed by atoms with Crippen LogP contribution in [0.25, 0.3) is 0 Å². The van der Waals surface area contributed by atoms with Crippen LogP contribution in [0.5, 0.6) is 0 Å². The molecule has 1 N–H and O–H groups in total. The molecule has 0 fully saturated rings. The lowest BCUT2D eigenvalue weighted by Gasteiger charge is -2.40. The third kappa shape index (κ3) is 3.22. The van der Waals surface area contributed by atoms with E-state index in [0.717, 1.165) is 12.0 Å². The van der Waals surface area contributed by atoms with E-state index in [1.807, 2.05) is 32.8 Å². The van der Waals surface area contributed by atoms with Gasteiger partial charge in [-0.3, -0.25) is 0 Å². The predicted molar refractivity (Wildman–Crippen MR) is 73.5 cm³/mol. The van der Waals surface area contributed by atoms with Gasteiger partial charge in [0.2, 0.25) is 0 Å². The lowest BCUT2D eigenvalue weighted by Crippen LogP contribution is -2.51. The smallest absolute Gasteiger partial charge is 0.124 e. The fourth-order valence-corrected chi connectivity index (χ4v) is 2.21. The van der Waals surface area contributed by atoms with Gasteiger partial charge in [0, 0.05) is 17.0 Å². The van der Waals surface area contributed by atoms with Crippen molar-refractivity contribution in [3.63, 3.8) is 0 Å². The average Bonchev–Trinajstić information content (AvgIpc) is 2.31. The molecule has 0 heterocycles. The van der Waals surface area contributed by atoms with E-state index in [1.54, 1.807) is 6.07 Å². The van der Waals surface area contributed by atoms with Crippen molar-refractivity contribution < 1.29 is 9.50 Å². The highest BCUT2D eigenvalue weighted by atomic mass is 35.5. The fourth-order valence-electron chi connectivity index (χ4n) is 1.97. The van der Waals surface area contributed by atoms with Gasteiger partial charge in [-0.05, 0) is 45.1 Å². The largest absolute Gasteiger partial charge is 0.391 e. The van der Waals surface area contributed by atoms with Gasteiger partial charge in [0.05, 0.1) is 6.10 Å². The van der Waals surface area contributed by atoms with Crippen LogP contribution in [0.1, 0.15) is 25.8 Å². The third-order valence-corrected chi connectivity index (χ3v) is 4.24. The van der Waals surface area contributed by atoms with E-state index in [4.69, 9.17) is 11.6 Å². The maximum atomic E-state index is 13.0. The summed E-state index contributed by atoms with van der Waals surface area (Å²) in [5.74, 6) is -0.357. The second-order valence-corrected chi connectivity index (χ2v) is 5.47. The Balaban J connectivity index is 2.89. The molecule has 4 heteroatoms. The van der Waals surface area contributed by atoms with E-state index in [1.165, 1.54) is 12.1 Å². The van der Waals surface area contributed by atoms with Crippen molar-refractivity contribution in [2.75, 3.05) is 14.1 Å². The number of benzene rings is 1. The van der Waals surface area contributed by atoms with Gasteiger partial charge in [0.25, 0.3) is 0 Å². The summed E-state index contributed by atoms with van der Waals surface area (Å²) < 4.78 is 13.0. The molecule has 0 amide bonds. The maximum absolute atomic E-state index is 13.0. The van der Waals surface area contributed by atoms with Crippen molar-refractivity contribution in [3.8, 4) is 0 Å². The molecule has 2 nitrogen and oxygen atoms in total. The van der Waals surface area contributed by atoms with Crippen molar-refractivity contribution >= 4 is 11.6 Å². The minimum atomic E-state index is -0.555. The number of likely N-dealkylation sites (N-methyl/N-ethyl adjacent to an activating group) is 1. The highest BCUT2D eigenvalue weighted by Crippen LogP contribution is 2.26. The van der Waals surface area contributed by atoms with Gasteiger partial charge in [0.15, 0.2) is 0 Å². The summed E-state index contributed by atoms with van der Waals surface area (Å²) in [4.78, 5) is 2.01. The van der Waals surface area contributed by atoms with Crippen molar-refractivity contribution in [2.45, 2.75) is 38.3 Å². The molecular formula is C14H21ClFNO. The lowest BCUT2D eigenvalue weighted by atomic mass is 9.86. The van der Waals surface area contributed by atoms with Crippen LogP contribution in [0, 0.1) is 5.82 Å². The Kier molecular flexibility index (Phi) is 5.14. The molecule has 1 aromatic carbocycles. The third-order valence-electron chi connectivity index (χ3n) is 3.88. The van der Waals surface area contributed by atoms with Crippen LogP contribution in [-0.2, 0) is 6.42 Å². The molecule has 0 spiro atoms. The molecule has 102 valence electrons. The number of halogens is 2. The van der Waals surface area contributed by atoms with Crippen LogP contribution in [0.4, 0.5) is 4.39 Å². The zero-order chi connectivity index (χ0) is 13.9. The highest BCUT2D eigenvalue weighted by Gasteiger charge is 2.33. The minimum Gasteiger partial charge on any atom is -0.391 e. The van der Waals surface area contributed by atoms with E-state index >= 15 is 0 Å². The summed E-state index contributed by atoms with van der Waals surface area (Å²) in [7, 11) is 3.89. The molecule has 0 bridgehead atoms. The Bertz CT molecular complexity index is 411. The molecule has 0 aromatic heterocycles. The topological polar surface area (TPSA) is 23.5 Å². The van der Waals surface area contributed by atoms with Gasteiger partial charge in [-0.1, -0.05) is 24.6 Å². The summed E-state index contributed by atoms with van der Waals surface area (Å²) in [6.45, 7) is 4.05. The molecular weight excluding hydrogens is 253 g/mol. The Morgan fingerprint density at radius 2 is 2.06 bits per heavy atom. The number of aliphatic hydroxyl groups excluding tert-OH is 1. The van der Waals surface area contributed by atoms with Crippen molar-refractivity contribution in [2.24, 2.45) is 0 Å². The number of hydrogen-bond acceptors (Lipinski definition) is 2. The molecule has 18 heavy (non-hydrogen) atoms. The molecule has 0 saturated carbocycles. The van der Waals surface area contributed by atoms with Gasteiger partial charge in [-0.25, -0.2) is 4.39 Å². The molecule has 0 saturated heterocycles. The first-order chi connectivity index (χ1) is 8.31. The second-order valence-electron chi connectivity index (χ2n) is 5.06. The first-order valence-corrected chi connectivity index (χ1v) is 6.48. The number of nitrogens with zero attached hydrogens (tertiary/aromatic N) is 1. The van der Waals surface area contributed by atoms with Crippen LogP contribution in [0.3, 0.4) is 0 Å². The Labute approximate surface area is 113 Å². The van der Waals surface area contributed by atoms with Gasteiger partial charge >= 0.3 is 0 Å². The van der Waals surface area contributed by atoms with Crippen molar-refractivity contribution in [1.82, 2.24) is 4.90 Å². The molecule has 0 aliphatic heterocycles. The summed E-state index contributed by atoms with van der Waals surface area (Å²) in [6, 6.07) is 4.28. The van der Waals surface area contributed by atoms with Crippen LogP contribution in [0.15, 0.2) is 18.2 Å². The van der Waals surface area contributed by atoms with E-state index in [-0.39, 0.29) is 11.4 Å². The number of rotatable bonds is 5. The fraction of sp³-hybridized carbons (Fsp3) is 0.571. The standard InChI is InChI=1S/C14H21ClFNO/c1-5-14(2,17(3)4)13(18)8-10-6-7-11(16)9-12(10)15/h6-7,9,13,18H,5,8H2,1-4H3. The summed E-state index contributed by atoms with van der Waals surface area (Å²) in [5, 5.41) is 10.8. The SMILES string of the molecule is CCC(C)(C(O)Cc1ccc(F)cc1Cl)N(C)C. The van der Waals surface area contributed by atoms with Gasteiger partial charge < -0.3 is 10.0 Å². The average molecular weight is 274 g/mol. The van der Waals surface area contributed by atoms with E-state index in [9.17, 15) is 9.50 Å². The normalized spacial score (nSPS) is 16.7. The monoisotopic (exact) mass is 273 g/mol. The van der Waals surface area contributed by atoms with Crippen LogP contribution in [0.2, 0.25) is 5.02 Å². The number of hydrogen-bond donors (Lipinski definition) is 1. The first kappa shape index (κ1) is 15.4. The van der Waals surface area contributed by atoms with Crippen LogP contribution < -0.4 is 0 Å². The molecule has 0 radical (unpaired) electrons. The summed E-state index contributed by atoms with van der Waals surface area (Å²) >= 11 is 5.98. The van der Waals surface area contributed by atoms with E-state index in [0.29, 0.717) is 11.4 Å². The van der Waals surface area contributed by atoms with Gasteiger partial charge in [-0.2, -0.15) is 0 Å². The lowest BCUT2D eigenvalue weighted by molar-refractivity contribution is 0.00301. The number of aliphatic hydroxyl groups is 1. The van der Waals surface area contributed by atoms with E-state index in [2.05, 4.69) is 0 Å². The van der Waals surface area contributed by atoms with Crippen LogP contribution in [-0.4, -0.2) is 35.7 Å². The molecule has 2 atom stereocenters. The highest BCUT2D eigenvalue weighted by molar-refractivity contribution is 6.31. The molecule has 1 aromatic rings. The molecule has 1 rings (SSSR count). The van der Waals surface area contributed by atoms with E-state index < -0.39 is 6.10 Å². The zero-order valence-corrected chi connectivity index (χ0v) is 12.1. The molecule has 0 aliphatic carbocycles. The first-order valence-electron chi connectivity index (χ1n) is 6.10. The minimum absolute atomic E-state index is 0.322.